The van der Waals surface area contributed by atoms with Gasteiger partial charge in [0.15, 0.2) is 11.5 Å². The standard InChI is InChI=1S/C16H22N2O/c1-9-10(2)14-15(11(3)13(9)17)19-16(18-14)12-7-5-4-6-8-12/h12H,4-8,17H2,1-3H3. The summed E-state index contributed by atoms with van der Waals surface area (Å²) in [6.07, 6.45) is 6.35. The highest BCUT2D eigenvalue weighted by molar-refractivity contribution is 5.87. The quantitative estimate of drug-likeness (QED) is 0.772. The van der Waals surface area contributed by atoms with E-state index in [1.165, 1.54) is 32.1 Å². The highest BCUT2D eigenvalue weighted by Crippen LogP contribution is 2.37. The Morgan fingerprint density at radius 3 is 2.37 bits per heavy atom. The number of nitrogen functional groups attached to an aromatic ring is 1. The molecule has 1 fully saturated rings. The highest BCUT2D eigenvalue weighted by atomic mass is 16.3. The van der Waals surface area contributed by atoms with Crippen LogP contribution in [0.3, 0.4) is 0 Å². The molecule has 3 heteroatoms. The molecule has 3 rings (SSSR count). The number of nitrogens with two attached hydrogens (primary N) is 1. The first-order valence-corrected chi connectivity index (χ1v) is 7.25. The van der Waals surface area contributed by atoms with E-state index in [1.807, 2.05) is 6.92 Å². The summed E-state index contributed by atoms with van der Waals surface area (Å²) in [5.41, 5.74) is 12.2. The molecule has 1 heterocycles. The van der Waals surface area contributed by atoms with Crippen molar-refractivity contribution < 1.29 is 4.42 Å². The molecular weight excluding hydrogens is 236 g/mol. The Hall–Kier alpha value is -1.51. The fraction of sp³-hybridized carbons (Fsp3) is 0.562. The van der Waals surface area contributed by atoms with Gasteiger partial charge >= 0.3 is 0 Å². The zero-order chi connectivity index (χ0) is 13.6. The van der Waals surface area contributed by atoms with E-state index >= 15 is 0 Å². The topological polar surface area (TPSA) is 52.0 Å². The number of oxazole rings is 1. The molecule has 1 aliphatic rings. The summed E-state index contributed by atoms with van der Waals surface area (Å²) in [6.45, 7) is 6.17. The van der Waals surface area contributed by atoms with E-state index in [9.17, 15) is 0 Å². The van der Waals surface area contributed by atoms with Crippen LogP contribution in [0.25, 0.3) is 11.1 Å². The predicted molar refractivity (Wildman–Crippen MR) is 78.5 cm³/mol. The van der Waals surface area contributed by atoms with Crippen molar-refractivity contribution in [2.45, 2.75) is 58.8 Å². The molecule has 0 saturated heterocycles. The zero-order valence-electron chi connectivity index (χ0n) is 12.0. The van der Waals surface area contributed by atoms with E-state index in [1.54, 1.807) is 0 Å². The monoisotopic (exact) mass is 258 g/mol. The van der Waals surface area contributed by atoms with Crippen molar-refractivity contribution in [1.29, 1.82) is 0 Å². The van der Waals surface area contributed by atoms with Crippen molar-refractivity contribution in [1.82, 2.24) is 4.98 Å². The van der Waals surface area contributed by atoms with Gasteiger partial charge in [0.05, 0.1) is 0 Å². The number of nitrogens with zero attached hydrogens (tertiary/aromatic N) is 1. The maximum absolute atomic E-state index is 6.15. The first-order chi connectivity index (χ1) is 9.09. The lowest BCUT2D eigenvalue weighted by Crippen LogP contribution is -2.04. The molecule has 1 aromatic heterocycles. The summed E-state index contributed by atoms with van der Waals surface area (Å²) in [5, 5.41) is 0. The van der Waals surface area contributed by atoms with Gasteiger partial charge in [0.1, 0.15) is 5.52 Å². The molecule has 0 spiro atoms. The van der Waals surface area contributed by atoms with Gasteiger partial charge in [-0.25, -0.2) is 4.98 Å². The third-order valence-electron chi connectivity index (χ3n) is 4.66. The number of fused-ring (bicyclic) bond motifs is 1. The van der Waals surface area contributed by atoms with Gasteiger partial charge < -0.3 is 10.2 Å². The van der Waals surface area contributed by atoms with Crippen LogP contribution in [0.1, 0.15) is 60.6 Å². The lowest BCUT2D eigenvalue weighted by molar-refractivity contribution is 0.373. The molecule has 0 amide bonds. The number of rotatable bonds is 1. The average Bonchev–Trinajstić information content (AvgIpc) is 2.89. The van der Waals surface area contributed by atoms with Crippen LogP contribution in [0, 0.1) is 20.8 Å². The molecule has 2 aromatic rings. The Morgan fingerprint density at radius 1 is 1.00 bits per heavy atom. The normalized spacial score (nSPS) is 17.2. The number of hydrogen-bond donors (Lipinski definition) is 1. The summed E-state index contributed by atoms with van der Waals surface area (Å²) in [7, 11) is 0. The number of aryl methyl sites for hydroxylation is 2. The molecule has 3 nitrogen and oxygen atoms in total. The van der Waals surface area contributed by atoms with Crippen LogP contribution in [0.5, 0.6) is 0 Å². The third kappa shape index (κ3) is 1.92. The molecule has 1 aliphatic carbocycles. The van der Waals surface area contributed by atoms with Gasteiger partial charge in [-0.05, 0) is 44.7 Å². The van der Waals surface area contributed by atoms with E-state index in [0.29, 0.717) is 5.92 Å². The van der Waals surface area contributed by atoms with E-state index in [-0.39, 0.29) is 0 Å². The van der Waals surface area contributed by atoms with Crippen LogP contribution in [0.4, 0.5) is 5.69 Å². The van der Waals surface area contributed by atoms with E-state index in [0.717, 1.165) is 39.4 Å². The first kappa shape index (κ1) is 12.5. The SMILES string of the molecule is Cc1c(N)c(C)c2oc(C3CCCCC3)nc2c1C. The highest BCUT2D eigenvalue weighted by Gasteiger charge is 2.23. The van der Waals surface area contributed by atoms with Gasteiger partial charge in [-0.15, -0.1) is 0 Å². The number of aromatic nitrogens is 1. The summed E-state index contributed by atoms with van der Waals surface area (Å²) in [4.78, 5) is 4.78. The Kier molecular flexibility index (Phi) is 3.00. The van der Waals surface area contributed by atoms with Gasteiger partial charge in [-0.2, -0.15) is 0 Å². The van der Waals surface area contributed by atoms with Crippen molar-refractivity contribution >= 4 is 16.8 Å². The van der Waals surface area contributed by atoms with E-state index in [4.69, 9.17) is 15.1 Å². The predicted octanol–water partition coefficient (Wildman–Crippen LogP) is 4.38. The van der Waals surface area contributed by atoms with Crippen molar-refractivity contribution in [3.63, 3.8) is 0 Å². The van der Waals surface area contributed by atoms with Crippen molar-refractivity contribution in [3.8, 4) is 0 Å². The summed E-state index contributed by atoms with van der Waals surface area (Å²) >= 11 is 0. The van der Waals surface area contributed by atoms with Crippen LogP contribution in [-0.4, -0.2) is 4.98 Å². The van der Waals surface area contributed by atoms with Gasteiger partial charge in [-0.3, -0.25) is 0 Å². The molecule has 0 aliphatic heterocycles. The van der Waals surface area contributed by atoms with Crippen LogP contribution in [0.2, 0.25) is 0 Å². The van der Waals surface area contributed by atoms with Crippen LogP contribution < -0.4 is 5.73 Å². The molecule has 102 valence electrons. The molecule has 2 N–H and O–H groups in total. The van der Waals surface area contributed by atoms with Crippen molar-refractivity contribution in [2.24, 2.45) is 0 Å². The zero-order valence-corrected chi connectivity index (χ0v) is 12.0. The van der Waals surface area contributed by atoms with Crippen LogP contribution in [0.15, 0.2) is 4.42 Å². The lowest BCUT2D eigenvalue weighted by atomic mass is 9.89. The van der Waals surface area contributed by atoms with E-state index < -0.39 is 0 Å². The fourth-order valence-corrected chi connectivity index (χ4v) is 3.15. The second-order valence-corrected chi connectivity index (χ2v) is 5.85. The maximum atomic E-state index is 6.15. The number of anilines is 1. The van der Waals surface area contributed by atoms with Crippen molar-refractivity contribution in [3.05, 3.63) is 22.6 Å². The Bertz CT molecular complexity index is 576. The second kappa shape index (κ2) is 4.55. The Labute approximate surface area is 114 Å². The van der Waals surface area contributed by atoms with Crippen molar-refractivity contribution in [2.75, 3.05) is 5.73 Å². The first-order valence-electron chi connectivity index (χ1n) is 7.25. The number of hydrogen-bond acceptors (Lipinski definition) is 3. The Balaban J connectivity index is 2.14. The van der Waals surface area contributed by atoms with E-state index in [2.05, 4.69) is 13.8 Å². The summed E-state index contributed by atoms with van der Waals surface area (Å²) < 4.78 is 6.06. The second-order valence-electron chi connectivity index (χ2n) is 5.85. The van der Waals surface area contributed by atoms with Crippen LogP contribution >= 0.6 is 0 Å². The molecule has 19 heavy (non-hydrogen) atoms. The summed E-state index contributed by atoms with van der Waals surface area (Å²) in [5.74, 6) is 1.42. The average molecular weight is 258 g/mol. The van der Waals surface area contributed by atoms with Crippen LogP contribution in [-0.2, 0) is 0 Å². The molecule has 0 unspecified atom stereocenters. The molecule has 1 saturated carbocycles. The molecule has 1 aromatic carbocycles. The van der Waals surface area contributed by atoms with Gasteiger partial charge in [-0.1, -0.05) is 19.3 Å². The molecule has 0 radical (unpaired) electrons. The minimum Gasteiger partial charge on any atom is -0.440 e. The van der Waals surface area contributed by atoms with Gasteiger partial charge in [0.2, 0.25) is 0 Å². The molecule has 0 bridgehead atoms. The van der Waals surface area contributed by atoms with Gasteiger partial charge in [0.25, 0.3) is 0 Å². The smallest absolute Gasteiger partial charge is 0.198 e. The summed E-state index contributed by atoms with van der Waals surface area (Å²) in [6, 6.07) is 0. The van der Waals surface area contributed by atoms with Gasteiger partial charge in [0, 0.05) is 17.2 Å². The largest absolute Gasteiger partial charge is 0.440 e. The lowest BCUT2D eigenvalue weighted by Gasteiger charge is -2.17. The Morgan fingerprint density at radius 2 is 1.68 bits per heavy atom. The minimum atomic E-state index is 0.501. The molecular formula is C16H22N2O. The molecule has 0 atom stereocenters. The number of benzene rings is 1. The maximum Gasteiger partial charge on any atom is 0.198 e. The fourth-order valence-electron chi connectivity index (χ4n) is 3.15. The third-order valence-corrected chi connectivity index (χ3v) is 4.66. The minimum absolute atomic E-state index is 0.501.